The molecule has 0 spiro atoms. The van der Waals surface area contributed by atoms with Crippen molar-refractivity contribution in [1.29, 1.82) is 0 Å². The lowest BCUT2D eigenvalue weighted by Crippen LogP contribution is -2.55. The molecule has 1 unspecified atom stereocenters. The van der Waals surface area contributed by atoms with Gasteiger partial charge in [-0.25, -0.2) is 9.38 Å². The number of aromatic nitrogens is 4. The Morgan fingerprint density at radius 1 is 1.13 bits per heavy atom. The molecule has 7 nitrogen and oxygen atoms in total. The molecule has 5 rings (SSSR count). The van der Waals surface area contributed by atoms with E-state index >= 15 is 0 Å². The van der Waals surface area contributed by atoms with Crippen LogP contribution in [0, 0.1) is 5.41 Å². The Balaban J connectivity index is 1.50. The van der Waals surface area contributed by atoms with Gasteiger partial charge in [-0.15, -0.1) is 10.2 Å². The van der Waals surface area contributed by atoms with Crippen LogP contribution < -0.4 is 4.90 Å². The predicted molar refractivity (Wildman–Crippen MR) is 118 cm³/mol. The number of carbonyl (C=O) groups excluding carboxylic acids is 1. The van der Waals surface area contributed by atoms with Gasteiger partial charge in [0.2, 0.25) is 11.9 Å². The molecule has 1 saturated carbocycles. The molecule has 1 saturated heterocycles. The van der Waals surface area contributed by atoms with E-state index in [4.69, 9.17) is 4.98 Å². The van der Waals surface area contributed by atoms with Crippen molar-refractivity contribution in [3.63, 3.8) is 0 Å². The smallest absolute Gasteiger partial charge is 0.223 e. The lowest BCUT2D eigenvalue weighted by molar-refractivity contribution is -0.135. The third-order valence-corrected chi connectivity index (χ3v) is 6.11. The van der Waals surface area contributed by atoms with E-state index < -0.39 is 0 Å². The first-order valence-electron chi connectivity index (χ1n) is 11.0. The van der Waals surface area contributed by atoms with E-state index in [2.05, 4.69) is 53.3 Å². The molecule has 0 N–H and O–H groups in total. The summed E-state index contributed by atoms with van der Waals surface area (Å²) in [7, 11) is 0. The summed E-state index contributed by atoms with van der Waals surface area (Å²) >= 11 is 0. The zero-order chi connectivity index (χ0) is 21.0. The molecule has 3 aromatic rings. The average molecular weight is 407 g/mol. The molecular formula is C23H30N6O. The van der Waals surface area contributed by atoms with Gasteiger partial charge in [0.1, 0.15) is 5.82 Å². The maximum atomic E-state index is 12.8. The number of hydrogen-bond acceptors (Lipinski definition) is 5. The molecule has 7 heteroatoms. The summed E-state index contributed by atoms with van der Waals surface area (Å²) in [5.74, 6) is 2.66. The maximum absolute atomic E-state index is 12.8. The fourth-order valence-corrected chi connectivity index (χ4v) is 4.47. The van der Waals surface area contributed by atoms with E-state index in [0.29, 0.717) is 18.9 Å². The second kappa shape index (κ2) is 6.93. The third kappa shape index (κ3) is 3.40. The number of benzene rings is 1. The number of rotatable bonds is 3. The highest BCUT2D eigenvalue weighted by Crippen LogP contribution is 2.40. The predicted octanol–water partition coefficient (Wildman–Crippen LogP) is 3.63. The second-order valence-electron chi connectivity index (χ2n) is 10.0. The first-order valence-corrected chi connectivity index (χ1v) is 11.0. The molecule has 1 aromatic carbocycles. The Hall–Kier alpha value is -2.70. The Bertz CT molecular complexity index is 1110. The van der Waals surface area contributed by atoms with Crippen LogP contribution in [0.25, 0.3) is 16.6 Å². The van der Waals surface area contributed by atoms with Crippen molar-refractivity contribution in [3.05, 3.63) is 30.1 Å². The van der Waals surface area contributed by atoms with Crippen LogP contribution in [0.4, 0.5) is 5.95 Å². The molecule has 2 aliphatic rings. The Morgan fingerprint density at radius 3 is 2.60 bits per heavy atom. The van der Waals surface area contributed by atoms with Gasteiger partial charge >= 0.3 is 0 Å². The molecule has 30 heavy (non-hydrogen) atoms. The Kier molecular flexibility index (Phi) is 4.45. The van der Waals surface area contributed by atoms with Crippen molar-refractivity contribution >= 4 is 28.4 Å². The van der Waals surface area contributed by atoms with E-state index in [1.165, 1.54) is 12.8 Å². The van der Waals surface area contributed by atoms with Gasteiger partial charge in [-0.1, -0.05) is 32.9 Å². The molecule has 3 heterocycles. The molecule has 0 bridgehead atoms. The number of hydrogen-bond donors (Lipinski definition) is 0. The first-order chi connectivity index (χ1) is 14.3. The zero-order valence-electron chi connectivity index (χ0n) is 18.3. The highest BCUT2D eigenvalue weighted by molar-refractivity contribution is 5.92. The van der Waals surface area contributed by atoms with E-state index in [9.17, 15) is 4.79 Å². The summed E-state index contributed by atoms with van der Waals surface area (Å²) in [6.07, 6.45) is 2.91. The summed E-state index contributed by atoms with van der Waals surface area (Å²) < 4.78 is 2.17. The van der Waals surface area contributed by atoms with Gasteiger partial charge in [0, 0.05) is 43.4 Å². The fraction of sp³-hybridized carbons (Fsp3) is 0.565. The van der Waals surface area contributed by atoms with E-state index in [-0.39, 0.29) is 17.4 Å². The second-order valence-corrected chi connectivity index (χ2v) is 10.0. The summed E-state index contributed by atoms with van der Waals surface area (Å²) in [6.45, 7) is 10.7. The molecule has 2 fully saturated rings. The Labute approximate surface area is 177 Å². The van der Waals surface area contributed by atoms with Crippen LogP contribution in [-0.2, 0) is 4.79 Å². The summed E-state index contributed by atoms with van der Waals surface area (Å²) in [4.78, 5) is 22.2. The van der Waals surface area contributed by atoms with Crippen LogP contribution in [0.1, 0.15) is 58.7 Å². The highest BCUT2D eigenvalue weighted by atomic mass is 16.2. The summed E-state index contributed by atoms with van der Waals surface area (Å²) in [5, 5.41) is 10.1. The van der Waals surface area contributed by atoms with E-state index in [1.54, 1.807) is 0 Å². The van der Waals surface area contributed by atoms with E-state index in [0.717, 1.165) is 41.4 Å². The first kappa shape index (κ1) is 19.3. The molecule has 158 valence electrons. The number of fused-ring (bicyclic) bond motifs is 3. The average Bonchev–Trinajstić information content (AvgIpc) is 3.44. The lowest BCUT2D eigenvalue weighted by atomic mass is 9.91. The van der Waals surface area contributed by atoms with Gasteiger partial charge in [0.15, 0.2) is 5.65 Å². The Morgan fingerprint density at radius 2 is 1.90 bits per heavy atom. The van der Waals surface area contributed by atoms with Crippen molar-refractivity contribution in [2.24, 2.45) is 5.41 Å². The minimum Gasteiger partial charge on any atom is -0.338 e. The maximum Gasteiger partial charge on any atom is 0.223 e. The summed E-state index contributed by atoms with van der Waals surface area (Å²) in [5.41, 5.74) is 1.83. The monoisotopic (exact) mass is 406 g/mol. The zero-order valence-corrected chi connectivity index (χ0v) is 18.3. The number of carbonyl (C=O) groups is 1. The minimum absolute atomic E-state index is 0.00163. The van der Waals surface area contributed by atoms with Gasteiger partial charge in [-0.3, -0.25) is 4.79 Å². The van der Waals surface area contributed by atoms with Gasteiger partial charge in [0.25, 0.3) is 0 Å². The van der Waals surface area contributed by atoms with Crippen LogP contribution in [0.5, 0.6) is 0 Å². The van der Waals surface area contributed by atoms with Crippen molar-refractivity contribution in [2.45, 2.75) is 58.9 Å². The van der Waals surface area contributed by atoms with Gasteiger partial charge in [-0.05, 0) is 37.3 Å². The minimum atomic E-state index is 0.00163. The number of para-hydroxylation sites is 1. The van der Waals surface area contributed by atoms with Crippen molar-refractivity contribution in [3.8, 4) is 0 Å². The van der Waals surface area contributed by atoms with Crippen LogP contribution in [-0.4, -0.2) is 56.1 Å². The molecular weight excluding hydrogens is 376 g/mol. The van der Waals surface area contributed by atoms with Crippen molar-refractivity contribution in [1.82, 2.24) is 24.5 Å². The van der Waals surface area contributed by atoms with Crippen LogP contribution >= 0.6 is 0 Å². The van der Waals surface area contributed by atoms with Gasteiger partial charge < -0.3 is 9.80 Å². The number of amides is 1. The lowest BCUT2D eigenvalue weighted by Gasteiger charge is -2.41. The molecule has 2 aromatic heterocycles. The molecule has 1 aliphatic carbocycles. The molecule has 1 atom stereocenters. The van der Waals surface area contributed by atoms with Crippen molar-refractivity contribution < 1.29 is 4.79 Å². The fourth-order valence-electron chi connectivity index (χ4n) is 4.47. The van der Waals surface area contributed by atoms with Gasteiger partial charge in [0.05, 0.1) is 5.52 Å². The van der Waals surface area contributed by atoms with Crippen LogP contribution in [0.2, 0.25) is 0 Å². The molecule has 1 amide bonds. The van der Waals surface area contributed by atoms with Gasteiger partial charge in [-0.2, -0.15) is 0 Å². The highest BCUT2D eigenvalue weighted by Gasteiger charge is 2.34. The topological polar surface area (TPSA) is 66.6 Å². The van der Waals surface area contributed by atoms with Crippen LogP contribution in [0.3, 0.4) is 0 Å². The SMILES string of the molecule is CC1CN(c2nc3ccccc3c3nnc(C4CC4)n23)CCN1C(=O)CC(C)(C)C. The van der Waals surface area contributed by atoms with E-state index in [1.807, 2.05) is 23.1 Å². The quantitative estimate of drug-likeness (QED) is 0.664. The van der Waals surface area contributed by atoms with Crippen molar-refractivity contribution in [2.75, 3.05) is 24.5 Å². The standard InChI is InChI=1S/C23H30N6O/c1-15-14-27(11-12-28(15)19(30)13-23(2,3)4)22-24-18-8-6-5-7-17(18)21-26-25-20(29(21)22)16-9-10-16/h5-8,15-16H,9-14H2,1-4H3. The number of piperazine rings is 1. The van der Waals surface area contributed by atoms with Crippen LogP contribution in [0.15, 0.2) is 24.3 Å². The third-order valence-electron chi connectivity index (χ3n) is 6.11. The number of anilines is 1. The normalized spacial score (nSPS) is 20.3. The number of nitrogens with zero attached hydrogens (tertiary/aromatic N) is 6. The summed E-state index contributed by atoms with van der Waals surface area (Å²) in [6, 6.07) is 8.28. The molecule has 1 aliphatic heterocycles. The molecule has 0 radical (unpaired) electrons. The largest absolute Gasteiger partial charge is 0.338 e.